The normalized spacial score (nSPS) is 16.3. The number of benzene rings is 8. The molecule has 3 aliphatic rings. The topological polar surface area (TPSA) is 54.7 Å². The van der Waals surface area contributed by atoms with Crippen LogP contribution in [0.15, 0.2) is 242 Å². The third-order valence-corrected chi connectivity index (χ3v) is 12.3. The standard InChI is InChI=1S/C32H24O2.C24H18N2.C5H8/c1-21-16-18-27-29(20-21)33-28-19-17-26-30(31(28)34-27)24-14-8-9-15-25(24)32(26,22-10-4-2-5-11-22)23-12-6-3-7-13-23;1-26-24(16-23(25)18-8-3-2-4-9-18)20-13-14-22-19(15-20)12-11-17-7-5-6-10-21(17)22;1-3-5-4-2/h2-20,28,31H,1H3;2-16,25H,1H2;3-5H,1H2,2H3/b;24-16-,25-23?;5-4-. The molecular weight excluding hydrogens is 793 g/mol. The number of rotatable bonds is 7. The molecule has 316 valence electrons. The molecule has 65 heavy (non-hydrogen) atoms. The van der Waals surface area contributed by atoms with Crippen LogP contribution in [0.5, 0.6) is 11.5 Å². The van der Waals surface area contributed by atoms with Crippen LogP contribution in [0.1, 0.15) is 45.9 Å². The smallest absolute Gasteiger partial charge is 0.165 e. The Kier molecular flexibility index (Phi) is 12.2. The highest BCUT2D eigenvalue weighted by molar-refractivity contribution is 6.11. The first-order valence-corrected chi connectivity index (χ1v) is 22.0. The van der Waals surface area contributed by atoms with Gasteiger partial charge in [-0.1, -0.05) is 201 Å². The lowest BCUT2D eigenvalue weighted by Crippen LogP contribution is -2.41. The van der Waals surface area contributed by atoms with E-state index in [1.807, 2.05) is 61.5 Å². The van der Waals surface area contributed by atoms with Gasteiger partial charge >= 0.3 is 0 Å². The molecule has 0 saturated carbocycles. The van der Waals surface area contributed by atoms with Crippen LogP contribution in [0.2, 0.25) is 0 Å². The highest BCUT2D eigenvalue weighted by Gasteiger charge is 2.52. The summed E-state index contributed by atoms with van der Waals surface area (Å²) in [6.45, 7) is 11.2. The van der Waals surface area contributed by atoms with Crippen LogP contribution >= 0.6 is 0 Å². The lowest BCUT2D eigenvalue weighted by Gasteiger charge is -2.39. The number of aliphatic imine (C=N–C) groups is 1. The molecule has 0 saturated heterocycles. The Labute approximate surface area is 382 Å². The summed E-state index contributed by atoms with van der Waals surface area (Å²) in [5.41, 5.74) is 11.2. The predicted octanol–water partition coefficient (Wildman–Crippen LogP) is 14.7. The van der Waals surface area contributed by atoms with E-state index in [9.17, 15) is 0 Å². The molecule has 2 atom stereocenters. The molecule has 0 aromatic heterocycles. The summed E-state index contributed by atoms with van der Waals surface area (Å²) in [4.78, 5) is 4.16. The van der Waals surface area contributed by atoms with Crippen molar-refractivity contribution >= 4 is 45.2 Å². The van der Waals surface area contributed by atoms with E-state index < -0.39 is 5.41 Å². The van der Waals surface area contributed by atoms with Crippen LogP contribution in [-0.2, 0) is 5.41 Å². The van der Waals surface area contributed by atoms with Gasteiger partial charge in [0.2, 0.25) is 0 Å². The van der Waals surface area contributed by atoms with Gasteiger partial charge in [-0.05, 0) is 111 Å². The minimum absolute atomic E-state index is 0.163. The molecule has 2 unspecified atom stereocenters. The summed E-state index contributed by atoms with van der Waals surface area (Å²) in [5, 5.41) is 13.2. The Hall–Kier alpha value is -8.08. The van der Waals surface area contributed by atoms with Crippen molar-refractivity contribution in [1.29, 1.82) is 5.41 Å². The third kappa shape index (κ3) is 8.07. The van der Waals surface area contributed by atoms with Crippen molar-refractivity contribution in [1.82, 2.24) is 0 Å². The molecule has 1 heterocycles. The van der Waals surface area contributed by atoms with E-state index in [4.69, 9.17) is 14.9 Å². The van der Waals surface area contributed by atoms with E-state index in [-0.39, 0.29) is 12.2 Å². The second-order valence-electron chi connectivity index (χ2n) is 16.2. The third-order valence-electron chi connectivity index (χ3n) is 12.3. The molecule has 0 fully saturated rings. The number of nitrogens with zero attached hydrogens (tertiary/aromatic N) is 1. The Bertz CT molecular complexity index is 3140. The number of hydrogen-bond donors (Lipinski definition) is 1. The predicted molar refractivity (Wildman–Crippen MR) is 273 cm³/mol. The fraction of sp³-hybridized carbons (Fsp3) is 0.0820. The number of ether oxygens (including phenoxy) is 2. The van der Waals surface area contributed by atoms with Crippen molar-refractivity contribution < 1.29 is 9.47 Å². The van der Waals surface area contributed by atoms with Crippen molar-refractivity contribution in [3.8, 4) is 11.5 Å². The zero-order valence-corrected chi connectivity index (χ0v) is 36.7. The maximum Gasteiger partial charge on any atom is 0.165 e. The van der Waals surface area contributed by atoms with Crippen LogP contribution in [-0.4, -0.2) is 24.6 Å². The zero-order chi connectivity index (χ0) is 44.8. The van der Waals surface area contributed by atoms with Gasteiger partial charge in [-0.2, -0.15) is 0 Å². The van der Waals surface area contributed by atoms with Gasteiger partial charge in [0, 0.05) is 11.1 Å². The summed E-state index contributed by atoms with van der Waals surface area (Å²) in [6.07, 6.45) is 11.4. The van der Waals surface area contributed by atoms with E-state index >= 15 is 0 Å². The molecule has 4 heteroatoms. The molecule has 0 radical (unpaired) electrons. The first-order valence-electron chi connectivity index (χ1n) is 22.0. The van der Waals surface area contributed by atoms with Crippen molar-refractivity contribution in [2.75, 3.05) is 0 Å². The average molecular weight is 843 g/mol. The Morgan fingerprint density at radius 3 is 1.98 bits per heavy atom. The quantitative estimate of drug-likeness (QED) is 0.0987. The number of nitrogens with one attached hydrogen (secondary N) is 1. The second kappa shape index (κ2) is 18.7. The van der Waals surface area contributed by atoms with Crippen molar-refractivity contribution in [2.24, 2.45) is 4.99 Å². The Morgan fingerprint density at radius 2 is 1.29 bits per heavy atom. The summed E-state index contributed by atoms with van der Waals surface area (Å²) in [5.74, 6) is 1.63. The van der Waals surface area contributed by atoms with Gasteiger partial charge in [0.15, 0.2) is 23.7 Å². The molecule has 8 aromatic carbocycles. The first-order chi connectivity index (χ1) is 31.9. The van der Waals surface area contributed by atoms with Gasteiger partial charge in [0.1, 0.15) is 0 Å². The monoisotopic (exact) mass is 842 g/mol. The van der Waals surface area contributed by atoms with Gasteiger partial charge < -0.3 is 14.9 Å². The van der Waals surface area contributed by atoms with E-state index in [1.165, 1.54) is 55.1 Å². The van der Waals surface area contributed by atoms with Gasteiger partial charge in [-0.15, -0.1) is 0 Å². The number of hydrogen-bond acceptors (Lipinski definition) is 4. The minimum Gasteiger partial charge on any atom is -0.478 e. The molecule has 8 aromatic rings. The zero-order valence-electron chi connectivity index (χ0n) is 36.7. The number of fused-ring (bicyclic) bond motifs is 8. The molecule has 1 aliphatic heterocycles. The fourth-order valence-electron chi connectivity index (χ4n) is 9.36. The molecule has 4 nitrogen and oxygen atoms in total. The number of aryl methyl sites for hydroxylation is 1. The summed E-state index contributed by atoms with van der Waals surface area (Å²) >= 11 is 0. The molecule has 0 amide bonds. The van der Waals surface area contributed by atoms with E-state index in [0.29, 0.717) is 11.4 Å². The molecule has 1 N–H and O–H groups in total. The molecule has 0 spiro atoms. The van der Waals surface area contributed by atoms with Crippen molar-refractivity contribution in [2.45, 2.75) is 31.5 Å². The highest BCUT2D eigenvalue weighted by Crippen LogP contribution is 2.58. The van der Waals surface area contributed by atoms with E-state index in [0.717, 1.165) is 28.0 Å². The largest absolute Gasteiger partial charge is 0.478 e. The Morgan fingerprint density at radius 1 is 0.646 bits per heavy atom. The van der Waals surface area contributed by atoms with Crippen LogP contribution in [0.3, 0.4) is 0 Å². The average Bonchev–Trinajstić information content (AvgIpc) is 3.67. The molecular formula is C61H50N2O2. The minimum atomic E-state index is -0.410. The van der Waals surface area contributed by atoms with Crippen LogP contribution in [0, 0.1) is 12.3 Å². The van der Waals surface area contributed by atoms with Gasteiger partial charge in [-0.3, -0.25) is 4.99 Å². The summed E-state index contributed by atoms with van der Waals surface area (Å²) < 4.78 is 13.2. The highest BCUT2D eigenvalue weighted by atomic mass is 16.6. The Balaban J connectivity index is 0.000000153. The van der Waals surface area contributed by atoms with Gasteiger partial charge in [-0.25, -0.2) is 0 Å². The lowest BCUT2D eigenvalue weighted by molar-refractivity contribution is 0.0810. The first kappa shape index (κ1) is 42.2. The second-order valence-corrected chi connectivity index (χ2v) is 16.2. The van der Waals surface area contributed by atoms with Crippen molar-refractivity contribution in [3.05, 3.63) is 276 Å². The maximum atomic E-state index is 8.32. The van der Waals surface area contributed by atoms with Crippen LogP contribution in [0.4, 0.5) is 0 Å². The maximum absolute atomic E-state index is 8.32. The molecule has 11 rings (SSSR count). The van der Waals surface area contributed by atoms with E-state index in [1.54, 1.807) is 12.2 Å². The van der Waals surface area contributed by atoms with E-state index in [2.05, 4.69) is 183 Å². The van der Waals surface area contributed by atoms with Gasteiger partial charge in [0.25, 0.3) is 0 Å². The van der Waals surface area contributed by atoms with Crippen LogP contribution < -0.4 is 9.47 Å². The van der Waals surface area contributed by atoms with Crippen molar-refractivity contribution in [3.63, 3.8) is 0 Å². The fourth-order valence-corrected chi connectivity index (χ4v) is 9.36. The number of allylic oxidation sites excluding steroid dienone is 6. The molecule has 0 bridgehead atoms. The SMILES string of the molecule is C=C/C=C\C.C=N/C(=C\C(=N)c1ccccc1)c1ccc2c(ccc3ccccc32)c1.Cc1ccc2c(c1)OC1C=CC3=C(c4ccccc4C3(c3ccccc3)c3ccccc3)C1O2. The van der Waals surface area contributed by atoms with Gasteiger partial charge in [0.05, 0.1) is 16.8 Å². The van der Waals surface area contributed by atoms with Crippen LogP contribution in [0.25, 0.3) is 32.8 Å². The summed E-state index contributed by atoms with van der Waals surface area (Å²) in [6, 6.07) is 65.2. The summed E-state index contributed by atoms with van der Waals surface area (Å²) in [7, 11) is 0. The molecule has 2 aliphatic carbocycles. The lowest BCUT2D eigenvalue weighted by atomic mass is 9.66.